The van der Waals surface area contributed by atoms with Crippen molar-refractivity contribution >= 4 is 5.57 Å². The van der Waals surface area contributed by atoms with Crippen LogP contribution in [0.25, 0.3) is 5.57 Å². The van der Waals surface area contributed by atoms with Gasteiger partial charge in [0, 0.05) is 0 Å². The molecule has 3 rings (SSSR count). The Morgan fingerprint density at radius 3 is 2.00 bits per heavy atom. The summed E-state index contributed by atoms with van der Waals surface area (Å²) < 4.78 is 0. The van der Waals surface area contributed by atoms with Crippen molar-refractivity contribution in [2.24, 2.45) is 0 Å². The zero-order valence-corrected chi connectivity index (χ0v) is 17.0. The Kier molecular flexibility index (Phi) is 14.3. The normalized spacial score (nSPS) is 11.9. The fraction of sp³-hybridized carbons (Fsp3) is 0.200. The molecule has 0 aromatic heterocycles. The minimum Gasteiger partial charge on any atom is -1.00 e. The van der Waals surface area contributed by atoms with Crippen molar-refractivity contribution in [3.05, 3.63) is 89.0 Å². The van der Waals surface area contributed by atoms with Gasteiger partial charge < -0.3 is 29.9 Å². The predicted octanol–water partition coefficient (Wildman–Crippen LogP) is -1.21. The average molecular weight is 396 g/mol. The van der Waals surface area contributed by atoms with Gasteiger partial charge in [-0.25, -0.2) is 0 Å². The molecule has 0 amide bonds. The number of hydrogen-bond acceptors (Lipinski definition) is 1. The molecule has 0 spiro atoms. The van der Waals surface area contributed by atoms with Crippen LogP contribution in [-0.4, -0.2) is 5.11 Å². The molecule has 0 atom stereocenters. The van der Waals surface area contributed by atoms with Crippen molar-refractivity contribution in [3.63, 3.8) is 0 Å². The predicted molar refractivity (Wildman–Crippen MR) is 88.6 cm³/mol. The van der Waals surface area contributed by atoms with Crippen LogP contribution in [0.4, 0.5) is 0 Å². The summed E-state index contributed by atoms with van der Waals surface area (Å²) in [4.78, 5) is 0. The first-order valence-electron chi connectivity index (χ1n) is 7.19. The SMILES string of the molecule is CC1=CC(C)=C(c2[c-]cccc2)C1.OCc1ccccc1.[Cl-].[Cl-].[Ti+3]. The van der Waals surface area contributed by atoms with Gasteiger partial charge in [-0.3, -0.25) is 0 Å². The molecule has 24 heavy (non-hydrogen) atoms. The maximum absolute atomic E-state index is 8.54. The molecule has 1 aliphatic rings. The molecule has 2 aromatic rings. The number of allylic oxidation sites excluding steroid dienone is 4. The molecule has 0 aliphatic heterocycles. The van der Waals surface area contributed by atoms with Gasteiger partial charge in [-0.05, 0) is 25.8 Å². The molecule has 2 aromatic carbocycles. The van der Waals surface area contributed by atoms with E-state index in [1.165, 1.54) is 22.3 Å². The summed E-state index contributed by atoms with van der Waals surface area (Å²) in [5.41, 5.74) is 6.48. The van der Waals surface area contributed by atoms with Gasteiger partial charge in [0.15, 0.2) is 0 Å². The van der Waals surface area contributed by atoms with Crippen molar-refractivity contribution < 1.29 is 51.6 Å². The Morgan fingerprint density at radius 1 is 0.958 bits per heavy atom. The van der Waals surface area contributed by atoms with Crippen LogP contribution in [0.5, 0.6) is 0 Å². The van der Waals surface area contributed by atoms with Crippen LogP contribution < -0.4 is 24.8 Å². The molecule has 0 bridgehead atoms. The third-order valence-electron chi connectivity index (χ3n) is 3.45. The number of rotatable bonds is 2. The zero-order chi connectivity index (χ0) is 15.1. The molecule has 0 fully saturated rings. The van der Waals surface area contributed by atoms with Crippen LogP contribution in [0, 0.1) is 6.07 Å². The Labute approximate surface area is 172 Å². The summed E-state index contributed by atoms with van der Waals surface area (Å²) in [6.45, 7) is 4.49. The summed E-state index contributed by atoms with van der Waals surface area (Å²) >= 11 is 0. The zero-order valence-electron chi connectivity index (χ0n) is 13.9. The van der Waals surface area contributed by atoms with Crippen molar-refractivity contribution in [3.8, 4) is 0 Å². The number of benzene rings is 2. The number of hydrogen-bond donors (Lipinski definition) is 1. The van der Waals surface area contributed by atoms with Gasteiger partial charge in [-0.2, -0.15) is 0 Å². The smallest absolute Gasteiger partial charge is 1.00 e. The Morgan fingerprint density at radius 2 is 1.58 bits per heavy atom. The first-order chi connectivity index (χ1) is 10.2. The molecule has 4 heteroatoms. The third-order valence-corrected chi connectivity index (χ3v) is 3.45. The van der Waals surface area contributed by atoms with E-state index in [0.29, 0.717) is 0 Å². The number of aliphatic hydroxyl groups excluding tert-OH is 1. The third kappa shape index (κ3) is 7.83. The topological polar surface area (TPSA) is 20.2 Å². The molecule has 1 nitrogen and oxygen atoms in total. The molecule has 0 heterocycles. The van der Waals surface area contributed by atoms with E-state index in [1.54, 1.807) is 0 Å². The summed E-state index contributed by atoms with van der Waals surface area (Å²) in [5.74, 6) is 0. The molecule has 0 saturated heterocycles. The van der Waals surface area contributed by atoms with Crippen molar-refractivity contribution in [1.82, 2.24) is 0 Å². The van der Waals surface area contributed by atoms with E-state index < -0.39 is 0 Å². The summed E-state index contributed by atoms with van der Waals surface area (Å²) in [5, 5.41) is 8.54. The van der Waals surface area contributed by atoms with Gasteiger partial charge in [0.25, 0.3) is 0 Å². The second kappa shape index (κ2) is 13.5. The van der Waals surface area contributed by atoms with Crippen LogP contribution in [0.15, 0.2) is 71.8 Å². The first kappa shape index (κ1) is 25.4. The molecular formula is C20H21Cl2OTi. The summed E-state index contributed by atoms with van der Waals surface area (Å²) in [7, 11) is 0. The molecule has 1 aliphatic carbocycles. The van der Waals surface area contributed by atoms with E-state index >= 15 is 0 Å². The van der Waals surface area contributed by atoms with Gasteiger partial charge in [0.2, 0.25) is 0 Å². The van der Waals surface area contributed by atoms with E-state index in [2.05, 4.69) is 38.1 Å². The van der Waals surface area contributed by atoms with Crippen LogP contribution in [0.2, 0.25) is 0 Å². The Hall–Kier alpha value is -0.826. The van der Waals surface area contributed by atoms with Crippen LogP contribution in [0.3, 0.4) is 0 Å². The Bertz CT molecular complexity index is 637. The quantitative estimate of drug-likeness (QED) is 0.500. The monoisotopic (exact) mass is 395 g/mol. The molecule has 1 N–H and O–H groups in total. The standard InChI is InChI=1S/C13H13.C7H8O.2ClH.Ti/c1-10-8-11(2)13(9-10)12-6-4-3-5-7-12;8-6-7-4-2-1-3-5-7;;;/h3-6,8H,9H2,1-2H3;1-5,8H,6H2;2*1H;/q-1;;;;+3/p-2. The molecule has 0 unspecified atom stereocenters. The Balaban J connectivity index is 0. The maximum atomic E-state index is 8.54. The van der Waals surface area contributed by atoms with Crippen LogP contribution in [-0.2, 0) is 28.3 Å². The van der Waals surface area contributed by atoms with Gasteiger partial charge in [0.05, 0.1) is 6.61 Å². The summed E-state index contributed by atoms with van der Waals surface area (Å²) in [6, 6.07) is 21.0. The second-order valence-electron chi connectivity index (χ2n) is 5.25. The van der Waals surface area contributed by atoms with Gasteiger partial charge in [-0.15, -0.1) is 41.5 Å². The fourth-order valence-corrected chi connectivity index (χ4v) is 2.40. The van der Waals surface area contributed by atoms with Crippen LogP contribution >= 0.6 is 0 Å². The fourth-order valence-electron chi connectivity index (χ4n) is 2.40. The van der Waals surface area contributed by atoms with E-state index in [0.717, 1.165) is 12.0 Å². The molecule has 1 radical (unpaired) electrons. The maximum Gasteiger partial charge on any atom is 3.00 e. The van der Waals surface area contributed by atoms with Gasteiger partial charge in [0.1, 0.15) is 0 Å². The van der Waals surface area contributed by atoms with E-state index in [4.69, 9.17) is 5.11 Å². The van der Waals surface area contributed by atoms with E-state index in [1.807, 2.05) is 42.5 Å². The molecule has 125 valence electrons. The number of aliphatic hydroxyl groups is 1. The van der Waals surface area contributed by atoms with Crippen molar-refractivity contribution in [2.45, 2.75) is 26.9 Å². The average Bonchev–Trinajstić information content (AvgIpc) is 2.88. The first-order valence-corrected chi connectivity index (χ1v) is 7.19. The minimum absolute atomic E-state index is 0. The molecular weight excluding hydrogens is 375 g/mol. The van der Waals surface area contributed by atoms with Crippen molar-refractivity contribution in [1.29, 1.82) is 0 Å². The minimum atomic E-state index is 0. The van der Waals surface area contributed by atoms with Gasteiger partial charge >= 0.3 is 21.7 Å². The van der Waals surface area contributed by atoms with Crippen molar-refractivity contribution in [2.75, 3.05) is 0 Å². The van der Waals surface area contributed by atoms with Gasteiger partial charge in [-0.1, -0.05) is 47.6 Å². The van der Waals surface area contributed by atoms with Crippen LogP contribution in [0.1, 0.15) is 31.4 Å². The van der Waals surface area contributed by atoms with E-state index in [-0.39, 0.29) is 53.1 Å². The molecule has 0 saturated carbocycles. The van der Waals surface area contributed by atoms with E-state index in [9.17, 15) is 0 Å². The second-order valence-corrected chi connectivity index (χ2v) is 5.25. The number of halogens is 2. The summed E-state index contributed by atoms with van der Waals surface area (Å²) in [6.07, 6.45) is 3.35. The largest absolute Gasteiger partial charge is 3.00 e.